The number of hydrogen-bond acceptors (Lipinski definition) is 4. The third-order valence-corrected chi connectivity index (χ3v) is 6.97. The Labute approximate surface area is 211 Å². The number of sulfonamides is 1. The SMILES string of the molecule is CC[C@@H](C(=O)NC)N(Cc1ccccc1Cl)C(=O)CN(c1cc(C(F)(F)F)ccc1Cl)S(C)(=O)=O. The fraction of sp³-hybridized carbons (Fsp3) is 0.364. The number of carbonyl (C=O) groups is 2. The molecule has 35 heavy (non-hydrogen) atoms. The Kier molecular flexibility index (Phi) is 9.43. The summed E-state index contributed by atoms with van der Waals surface area (Å²) in [6, 6.07) is 7.75. The summed E-state index contributed by atoms with van der Waals surface area (Å²) in [6.07, 6.45) is -3.85. The zero-order valence-corrected chi connectivity index (χ0v) is 21.4. The van der Waals surface area contributed by atoms with Crippen molar-refractivity contribution >= 4 is 50.7 Å². The van der Waals surface area contributed by atoms with E-state index in [1.165, 1.54) is 7.05 Å². The van der Waals surface area contributed by atoms with E-state index in [-0.39, 0.29) is 18.0 Å². The molecule has 0 fully saturated rings. The molecule has 0 aliphatic carbocycles. The van der Waals surface area contributed by atoms with Crippen molar-refractivity contribution in [3.63, 3.8) is 0 Å². The summed E-state index contributed by atoms with van der Waals surface area (Å²) in [6.45, 7) is 0.626. The van der Waals surface area contributed by atoms with Gasteiger partial charge in [0.1, 0.15) is 12.6 Å². The maximum absolute atomic E-state index is 13.4. The number of carbonyl (C=O) groups excluding carboxylic acids is 2. The normalized spacial score (nSPS) is 12.7. The highest BCUT2D eigenvalue weighted by Gasteiger charge is 2.35. The molecular weight excluding hydrogens is 530 g/mol. The van der Waals surface area contributed by atoms with Gasteiger partial charge in [0, 0.05) is 18.6 Å². The van der Waals surface area contributed by atoms with E-state index in [2.05, 4.69) is 5.32 Å². The fourth-order valence-electron chi connectivity index (χ4n) is 3.37. The lowest BCUT2D eigenvalue weighted by molar-refractivity contribution is -0.140. The number of rotatable bonds is 9. The first-order valence-electron chi connectivity index (χ1n) is 10.3. The molecule has 2 aromatic carbocycles. The van der Waals surface area contributed by atoms with Gasteiger partial charge in [0.15, 0.2) is 0 Å². The fourth-order valence-corrected chi connectivity index (χ4v) is 4.69. The molecule has 0 aliphatic rings. The molecule has 0 saturated heterocycles. The quantitative estimate of drug-likeness (QED) is 0.500. The van der Waals surface area contributed by atoms with E-state index in [1.54, 1.807) is 31.2 Å². The second kappa shape index (κ2) is 11.5. The van der Waals surface area contributed by atoms with Crippen molar-refractivity contribution in [1.82, 2.24) is 10.2 Å². The average molecular weight is 554 g/mol. The number of amides is 2. The first-order valence-corrected chi connectivity index (χ1v) is 12.9. The summed E-state index contributed by atoms with van der Waals surface area (Å²) in [4.78, 5) is 27.1. The van der Waals surface area contributed by atoms with E-state index in [0.717, 1.165) is 17.2 Å². The minimum atomic E-state index is -4.77. The summed E-state index contributed by atoms with van der Waals surface area (Å²) >= 11 is 12.3. The molecule has 13 heteroatoms. The summed E-state index contributed by atoms with van der Waals surface area (Å²) in [5.41, 5.74) is -1.15. The molecule has 0 aliphatic heterocycles. The Morgan fingerprint density at radius 2 is 1.71 bits per heavy atom. The molecule has 0 bridgehead atoms. The molecule has 0 radical (unpaired) electrons. The van der Waals surface area contributed by atoms with E-state index in [9.17, 15) is 31.2 Å². The predicted octanol–water partition coefficient (Wildman–Crippen LogP) is 4.33. The molecule has 1 atom stereocenters. The van der Waals surface area contributed by atoms with Gasteiger partial charge in [-0.15, -0.1) is 0 Å². The van der Waals surface area contributed by atoms with Gasteiger partial charge >= 0.3 is 6.18 Å². The van der Waals surface area contributed by atoms with Gasteiger partial charge in [0.25, 0.3) is 0 Å². The van der Waals surface area contributed by atoms with Crippen molar-refractivity contribution in [2.24, 2.45) is 0 Å². The van der Waals surface area contributed by atoms with Gasteiger partial charge < -0.3 is 10.2 Å². The molecule has 0 saturated carbocycles. The summed E-state index contributed by atoms with van der Waals surface area (Å²) in [7, 11) is -2.88. The van der Waals surface area contributed by atoms with Crippen LogP contribution in [0.2, 0.25) is 10.0 Å². The van der Waals surface area contributed by atoms with Crippen molar-refractivity contribution in [2.75, 3.05) is 24.2 Å². The monoisotopic (exact) mass is 553 g/mol. The Morgan fingerprint density at radius 1 is 1.09 bits per heavy atom. The number of nitrogens with one attached hydrogen (secondary N) is 1. The van der Waals surface area contributed by atoms with Crippen LogP contribution in [-0.2, 0) is 32.3 Å². The third kappa shape index (κ3) is 7.25. The third-order valence-electron chi connectivity index (χ3n) is 5.15. The minimum absolute atomic E-state index is 0.141. The van der Waals surface area contributed by atoms with E-state index < -0.39 is 51.9 Å². The molecule has 2 aromatic rings. The molecule has 192 valence electrons. The zero-order valence-electron chi connectivity index (χ0n) is 19.1. The van der Waals surface area contributed by atoms with Gasteiger partial charge in [0.2, 0.25) is 21.8 Å². The van der Waals surface area contributed by atoms with Crippen LogP contribution in [0.4, 0.5) is 18.9 Å². The van der Waals surface area contributed by atoms with Gasteiger partial charge in [-0.2, -0.15) is 13.2 Å². The number of hydrogen-bond donors (Lipinski definition) is 1. The Balaban J connectivity index is 2.55. The molecule has 7 nitrogen and oxygen atoms in total. The Bertz CT molecular complexity index is 1190. The van der Waals surface area contributed by atoms with Crippen LogP contribution in [0.1, 0.15) is 24.5 Å². The topological polar surface area (TPSA) is 86.8 Å². The van der Waals surface area contributed by atoms with Crippen molar-refractivity contribution in [1.29, 1.82) is 0 Å². The average Bonchev–Trinajstić information content (AvgIpc) is 2.77. The molecule has 0 spiro atoms. The van der Waals surface area contributed by atoms with E-state index in [0.29, 0.717) is 27.0 Å². The highest BCUT2D eigenvalue weighted by atomic mass is 35.5. The van der Waals surface area contributed by atoms with Gasteiger partial charge in [-0.1, -0.05) is 48.3 Å². The largest absolute Gasteiger partial charge is 0.416 e. The smallest absolute Gasteiger partial charge is 0.357 e. The maximum atomic E-state index is 13.4. The predicted molar refractivity (Wildman–Crippen MR) is 129 cm³/mol. The standard InChI is InChI=1S/C22H24Cl2F3N3O4S/c1-4-18(21(32)28-2)29(12-14-7-5-6-8-16(14)23)20(31)13-30(35(3,33)34)19-11-15(22(25,26)27)9-10-17(19)24/h5-11,18H,4,12-13H2,1-3H3,(H,28,32)/t18-/m0/s1. The first kappa shape index (κ1) is 28.7. The molecule has 2 rings (SSSR count). The van der Waals surface area contributed by atoms with Crippen molar-refractivity contribution in [3.05, 3.63) is 63.6 Å². The van der Waals surface area contributed by atoms with E-state index >= 15 is 0 Å². The molecule has 2 amide bonds. The lowest BCUT2D eigenvalue weighted by Gasteiger charge is -2.33. The van der Waals surface area contributed by atoms with Crippen LogP contribution in [0, 0.1) is 0 Å². The van der Waals surface area contributed by atoms with Gasteiger partial charge in [-0.3, -0.25) is 13.9 Å². The number of alkyl halides is 3. The first-order chi connectivity index (χ1) is 16.2. The van der Waals surface area contributed by atoms with Gasteiger partial charge in [-0.25, -0.2) is 8.42 Å². The lowest BCUT2D eigenvalue weighted by atomic mass is 10.1. The van der Waals surface area contributed by atoms with Crippen molar-refractivity contribution in [3.8, 4) is 0 Å². The maximum Gasteiger partial charge on any atom is 0.416 e. The van der Waals surface area contributed by atoms with Crippen LogP contribution in [0.25, 0.3) is 0 Å². The van der Waals surface area contributed by atoms with E-state index in [1.807, 2.05) is 0 Å². The Hall–Kier alpha value is -2.50. The second-order valence-corrected chi connectivity index (χ2v) is 10.3. The highest BCUT2D eigenvalue weighted by Crippen LogP contribution is 2.36. The molecule has 0 unspecified atom stereocenters. The van der Waals surface area contributed by atoms with Gasteiger partial charge in [-0.05, 0) is 36.2 Å². The molecule has 0 aromatic heterocycles. The Morgan fingerprint density at radius 3 is 2.23 bits per heavy atom. The van der Waals surface area contributed by atoms with E-state index in [4.69, 9.17) is 23.2 Å². The van der Waals surface area contributed by atoms with Gasteiger partial charge in [0.05, 0.1) is 22.5 Å². The number of anilines is 1. The van der Waals surface area contributed by atoms with Crippen LogP contribution >= 0.6 is 23.2 Å². The van der Waals surface area contributed by atoms with Crippen LogP contribution in [-0.4, -0.2) is 51.0 Å². The summed E-state index contributed by atoms with van der Waals surface area (Å²) < 4.78 is 65.4. The zero-order chi connectivity index (χ0) is 26.6. The van der Waals surface area contributed by atoms with Crippen molar-refractivity contribution in [2.45, 2.75) is 32.1 Å². The minimum Gasteiger partial charge on any atom is -0.357 e. The van der Waals surface area contributed by atoms with Crippen LogP contribution in [0.3, 0.4) is 0 Å². The summed E-state index contributed by atoms with van der Waals surface area (Å²) in [5, 5.41) is 2.48. The number of halogens is 5. The second-order valence-electron chi connectivity index (χ2n) is 7.58. The lowest BCUT2D eigenvalue weighted by Crippen LogP contribution is -2.51. The van der Waals surface area contributed by atoms with Crippen molar-refractivity contribution < 1.29 is 31.2 Å². The highest BCUT2D eigenvalue weighted by molar-refractivity contribution is 7.92. The number of nitrogens with zero attached hydrogens (tertiary/aromatic N) is 2. The van der Waals surface area contributed by atoms with Crippen LogP contribution in [0.15, 0.2) is 42.5 Å². The molecular formula is C22H24Cl2F3N3O4S. The molecule has 0 heterocycles. The summed E-state index contributed by atoms with van der Waals surface area (Å²) in [5.74, 6) is -1.34. The number of benzene rings is 2. The number of likely N-dealkylation sites (N-methyl/N-ethyl adjacent to an activating group) is 1. The van der Waals surface area contributed by atoms with Crippen LogP contribution < -0.4 is 9.62 Å². The van der Waals surface area contributed by atoms with Crippen LogP contribution in [0.5, 0.6) is 0 Å². The molecule has 1 N–H and O–H groups in total.